The summed E-state index contributed by atoms with van der Waals surface area (Å²) in [6.07, 6.45) is -0.347. The Balaban J connectivity index is 2.32. The Hall–Kier alpha value is -5.64. The van der Waals surface area contributed by atoms with Crippen molar-refractivity contribution in [1.29, 1.82) is 0 Å². The third-order valence-electron chi connectivity index (χ3n) is 5.31. The number of non-ortho nitro benzene ring substituents is 2. The zero-order valence-electron chi connectivity index (χ0n) is 18.9. The van der Waals surface area contributed by atoms with E-state index in [0.29, 0.717) is 24.3 Å². The van der Waals surface area contributed by atoms with Gasteiger partial charge in [0.05, 0.1) is 53.8 Å². The van der Waals surface area contributed by atoms with Crippen molar-refractivity contribution in [3.63, 3.8) is 0 Å². The maximum atomic E-state index is 11.7. The normalized spacial score (nSPS) is 14.7. The summed E-state index contributed by atoms with van der Waals surface area (Å²) in [6.45, 7) is -0.386. The van der Waals surface area contributed by atoms with Crippen molar-refractivity contribution < 1.29 is 44.2 Å². The second-order valence-corrected chi connectivity index (χ2v) is 7.67. The minimum Gasteiger partial charge on any atom is -0.424 e. The molecule has 2 aromatic rings. The average Bonchev–Trinajstić information content (AvgIpc) is 2.84. The fourth-order valence-electron chi connectivity index (χ4n) is 3.59. The van der Waals surface area contributed by atoms with Gasteiger partial charge in [-0.1, -0.05) is 0 Å². The Bertz CT molecular complexity index is 1260. The van der Waals surface area contributed by atoms with Crippen LogP contribution >= 0.6 is 0 Å². The molecule has 1 N–H and O–H groups in total. The van der Waals surface area contributed by atoms with E-state index in [9.17, 15) is 65.9 Å². The Morgan fingerprint density at radius 2 is 0.949 bits per heavy atom. The molecule has 1 aliphatic rings. The van der Waals surface area contributed by atoms with Gasteiger partial charge in [-0.05, 0) is 12.8 Å². The molecular formula is C17H13N7O15. The van der Waals surface area contributed by atoms with Crippen molar-refractivity contribution in [3.05, 3.63) is 85.0 Å². The molecule has 1 fully saturated rings. The smallest absolute Gasteiger partial charge is 0.338 e. The summed E-state index contributed by atoms with van der Waals surface area (Å²) in [5, 5.41) is 79.8. The van der Waals surface area contributed by atoms with E-state index in [2.05, 4.69) is 0 Å². The van der Waals surface area contributed by atoms with E-state index in [0.717, 1.165) is 0 Å². The number of piperidine rings is 1. The number of hydrogen-bond acceptors (Lipinski definition) is 16. The summed E-state index contributed by atoms with van der Waals surface area (Å²) in [5.41, 5.74) is -7.53. The van der Waals surface area contributed by atoms with Crippen molar-refractivity contribution in [1.82, 2.24) is 5.06 Å². The maximum absolute atomic E-state index is 11.7. The Morgan fingerprint density at radius 1 is 0.615 bits per heavy atom. The van der Waals surface area contributed by atoms with Crippen LogP contribution in [0.15, 0.2) is 24.3 Å². The van der Waals surface area contributed by atoms with Gasteiger partial charge in [0.1, 0.15) is 0 Å². The van der Waals surface area contributed by atoms with Crippen LogP contribution in [0.1, 0.15) is 19.3 Å². The first-order valence-corrected chi connectivity index (χ1v) is 10.3. The van der Waals surface area contributed by atoms with Crippen LogP contribution in [-0.2, 0) is 0 Å². The van der Waals surface area contributed by atoms with E-state index in [4.69, 9.17) is 9.47 Å². The molecule has 0 amide bonds. The summed E-state index contributed by atoms with van der Waals surface area (Å²) in [4.78, 5) is 61.5. The third kappa shape index (κ3) is 5.39. The highest BCUT2D eigenvalue weighted by molar-refractivity contribution is 5.67. The second-order valence-electron chi connectivity index (χ2n) is 7.67. The predicted octanol–water partition coefficient (Wildman–Crippen LogP) is 3.12. The molecule has 206 valence electrons. The van der Waals surface area contributed by atoms with Crippen molar-refractivity contribution in [2.45, 2.75) is 25.2 Å². The molecule has 22 heteroatoms. The van der Waals surface area contributed by atoms with Crippen LogP contribution in [-0.4, -0.2) is 52.3 Å². The number of nitro groups is 6. The van der Waals surface area contributed by atoms with Gasteiger partial charge in [-0.15, -0.1) is 5.06 Å². The molecule has 39 heavy (non-hydrogen) atoms. The highest BCUT2D eigenvalue weighted by Gasteiger charge is 2.50. The van der Waals surface area contributed by atoms with E-state index in [1.807, 2.05) is 0 Å². The first-order valence-electron chi connectivity index (χ1n) is 10.3. The number of hydroxylamine groups is 2. The van der Waals surface area contributed by atoms with E-state index < -0.39 is 87.5 Å². The zero-order chi connectivity index (χ0) is 29.2. The van der Waals surface area contributed by atoms with Crippen LogP contribution in [0.4, 0.5) is 34.1 Å². The molecule has 1 heterocycles. The summed E-state index contributed by atoms with van der Waals surface area (Å²) in [7, 11) is 0. The molecule has 0 unspecified atom stereocenters. The molecule has 1 saturated heterocycles. The number of benzene rings is 2. The molecule has 3 rings (SSSR count). The summed E-state index contributed by atoms with van der Waals surface area (Å²) in [5.74, 6) is -5.43. The molecule has 0 aromatic heterocycles. The monoisotopic (exact) mass is 555 g/mol. The van der Waals surface area contributed by atoms with Gasteiger partial charge in [-0.25, -0.2) is 0 Å². The molecule has 1 aliphatic heterocycles. The SMILES string of the molecule is O=[N+]([O-])c1cc([N+](=O)[O-])c(OC2(Oc3c([N+](=O)[O-])cc([N+](=O)[O-])cc3[N+](=O)[O-])CCCCN2O)c([N+](=O)[O-])c1. The van der Waals surface area contributed by atoms with Crippen LogP contribution in [0, 0.1) is 60.7 Å². The average molecular weight is 555 g/mol. The lowest BCUT2D eigenvalue weighted by Crippen LogP contribution is -2.58. The number of nitrogens with zero attached hydrogens (tertiary/aromatic N) is 7. The minimum atomic E-state index is -2.85. The number of hydrogen-bond donors (Lipinski definition) is 1. The Labute approximate surface area is 212 Å². The quantitative estimate of drug-likeness (QED) is 0.250. The minimum absolute atomic E-state index is 0.0280. The fraction of sp³-hybridized carbons (Fsp3) is 0.294. The number of ether oxygens (including phenoxy) is 2. The van der Waals surface area contributed by atoms with E-state index in [1.54, 1.807) is 0 Å². The third-order valence-corrected chi connectivity index (χ3v) is 5.31. The van der Waals surface area contributed by atoms with Crippen molar-refractivity contribution in [2.24, 2.45) is 0 Å². The van der Waals surface area contributed by atoms with Crippen LogP contribution in [0.25, 0.3) is 0 Å². The van der Waals surface area contributed by atoms with Crippen LogP contribution in [0.3, 0.4) is 0 Å². The van der Waals surface area contributed by atoms with Crippen LogP contribution in [0.2, 0.25) is 0 Å². The molecule has 0 atom stereocenters. The van der Waals surface area contributed by atoms with E-state index in [1.165, 1.54) is 0 Å². The molecule has 0 bridgehead atoms. The van der Waals surface area contributed by atoms with E-state index >= 15 is 0 Å². The second kappa shape index (κ2) is 10.4. The number of rotatable bonds is 10. The van der Waals surface area contributed by atoms with Gasteiger partial charge in [-0.2, -0.15) is 0 Å². The Kier molecular flexibility index (Phi) is 7.44. The standard InChI is InChI=1S/C17H13N7O15/c25-18-4-2-1-3-17(18,38-15-11(21(30)31)5-9(19(26)27)6-12(15)22(32)33)39-16-13(23(34)35)7-10(20(28)29)8-14(16)24(36)37/h5-8,25H,1-4H2. The number of nitro benzene ring substituents is 6. The van der Waals surface area contributed by atoms with Gasteiger partial charge in [0.15, 0.2) is 0 Å². The van der Waals surface area contributed by atoms with Crippen LogP contribution in [0.5, 0.6) is 11.5 Å². The van der Waals surface area contributed by atoms with Gasteiger partial charge >= 0.3 is 28.7 Å². The molecule has 0 saturated carbocycles. The summed E-state index contributed by atoms with van der Waals surface area (Å²) < 4.78 is 10.8. The topological polar surface area (TPSA) is 301 Å². The van der Waals surface area contributed by atoms with Gasteiger partial charge in [-0.3, -0.25) is 60.7 Å². The lowest BCUT2D eigenvalue weighted by Gasteiger charge is -2.41. The highest BCUT2D eigenvalue weighted by atomic mass is 16.8. The fourth-order valence-corrected chi connectivity index (χ4v) is 3.59. The lowest BCUT2D eigenvalue weighted by molar-refractivity contribution is -0.414. The molecule has 2 aromatic carbocycles. The van der Waals surface area contributed by atoms with E-state index in [-0.39, 0.29) is 24.4 Å². The molecular weight excluding hydrogens is 542 g/mol. The van der Waals surface area contributed by atoms with Gasteiger partial charge in [0, 0.05) is 13.0 Å². The maximum Gasteiger partial charge on any atom is 0.338 e. The largest absolute Gasteiger partial charge is 0.424 e. The van der Waals surface area contributed by atoms with Crippen molar-refractivity contribution >= 4 is 34.1 Å². The highest BCUT2D eigenvalue weighted by Crippen LogP contribution is 2.47. The van der Waals surface area contributed by atoms with Crippen molar-refractivity contribution in [2.75, 3.05) is 6.54 Å². The summed E-state index contributed by atoms with van der Waals surface area (Å²) in [6, 6.07) is 1.21. The van der Waals surface area contributed by atoms with Gasteiger partial charge in [0.2, 0.25) is 0 Å². The predicted molar refractivity (Wildman–Crippen MR) is 119 cm³/mol. The zero-order valence-corrected chi connectivity index (χ0v) is 18.9. The summed E-state index contributed by atoms with van der Waals surface area (Å²) >= 11 is 0. The van der Waals surface area contributed by atoms with Crippen molar-refractivity contribution in [3.8, 4) is 11.5 Å². The van der Waals surface area contributed by atoms with Gasteiger partial charge in [0.25, 0.3) is 22.9 Å². The first kappa shape index (κ1) is 27.9. The molecule has 0 aliphatic carbocycles. The molecule has 0 radical (unpaired) electrons. The van der Waals surface area contributed by atoms with Gasteiger partial charge < -0.3 is 14.7 Å². The van der Waals surface area contributed by atoms with Crippen LogP contribution < -0.4 is 9.47 Å². The lowest BCUT2D eigenvalue weighted by atomic mass is 10.1. The molecule has 0 spiro atoms. The first-order chi connectivity index (χ1) is 18.2. The Morgan fingerprint density at radius 3 is 1.21 bits per heavy atom. The molecule has 22 nitrogen and oxygen atoms in total.